The minimum absolute atomic E-state index is 0.466. The molecule has 2 aromatic rings. The van der Waals surface area contributed by atoms with Crippen molar-refractivity contribution in [2.75, 3.05) is 13.0 Å². The van der Waals surface area contributed by atoms with Gasteiger partial charge < -0.3 is 9.84 Å². The van der Waals surface area contributed by atoms with E-state index >= 15 is 0 Å². The van der Waals surface area contributed by atoms with Crippen LogP contribution in [0.4, 0.5) is 11.4 Å². The summed E-state index contributed by atoms with van der Waals surface area (Å²) in [5, 5.41) is 39.7. The Balaban J connectivity index is 0.000000243. The summed E-state index contributed by atoms with van der Waals surface area (Å²) < 4.78 is 6.23. The average Bonchev–Trinajstić information content (AvgIpc) is 2.55. The van der Waals surface area contributed by atoms with Crippen LogP contribution in [0.5, 0.6) is 11.5 Å². The molecular formula is C13H11N5O6. The van der Waals surface area contributed by atoms with Crippen molar-refractivity contribution in [3.05, 3.63) is 62.5 Å². The topological polar surface area (TPSA) is 172 Å². The van der Waals surface area contributed by atoms with E-state index in [2.05, 4.69) is 0 Å². The van der Waals surface area contributed by atoms with Gasteiger partial charge in [-0.3, -0.25) is 20.2 Å². The first-order valence-electron chi connectivity index (χ1n) is 6.14. The number of aromatic nitrogens is 1. The van der Waals surface area contributed by atoms with E-state index in [1.807, 2.05) is 6.07 Å². The van der Waals surface area contributed by atoms with Crippen LogP contribution in [0, 0.1) is 31.6 Å². The number of nitrogens with zero attached hydrogens (tertiary/aromatic N) is 4. The highest BCUT2D eigenvalue weighted by Gasteiger charge is 2.13. The molecule has 0 bridgehead atoms. The monoisotopic (exact) mass is 333 g/mol. The fourth-order valence-corrected chi connectivity index (χ4v) is 1.51. The second kappa shape index (κ2) is 7.90. The molecule has 0 atom stereocenters. The predicted molar refractivity (Wildman–Crippen MR) is 77.3 cm³/mol. The number of nitro benzene ring substituents is 2. The van der Waals surface area contributed by atoms with Gasteiger partial charge in [-0.25, -0.2) is 5.84 Å². The van der Waals surface area contributed by atoms with Gasteiger partial charge in [0.15, 0.2) is 0 Å². The van der Waals surface area contributed by atoms with Crippen molar-refractivity contribution >= 4 is 11.4 Å². The van der Waals surface area contributed by atoms with Gasteiger partial charge in [0.25, 0.3) is 11.4 Å². The molecule has 0 aliphatic rings. The third kappa shape index (κ3) is 4.53. The molecule has 124 valence electrons. The van der Waals surface area contributed by atoms with Gasteiger partial charge in [0.1, 0.15) is 11.6 Å². The standard InChI is InChI=1S/C7H8N3O.C6H4N2O5/c1-11-7-5-10(9)3-2-6(7)4-8;9-6-2-1-4(7(10)11)3-5(6)8(12)13/h2-3,5H,9H2,1H3;1-3,9H/q+1;/p-1. The minimum Gasteiger partial charge on any atom is -0.868 e. The number of methoxy groups -OCH3 is 1. The van der Waals surface area contributed by atoms with Crippen LogP contribution in [0.25, 0.3) is 0 Å². The van der Waals surface area contributed by atoms with Crippen molar-refractivity contribution in [1.82, 2.24) is 0 Å². The van der Waals surface area contributed by atoms with E-state index in [0.29, 0.717) is 17.4 Å². The van der Waals surface area contributed by atoms with Crippen LogP contribution in [-0.2, 0) is 0 Å². The molecule has 1 heterocycles. The first kappa shape index (κ1) is 18.1. The smallest absolute Gasteiger partial charge is 0.276 e. The number of pyridine rings is 1. The first-order valence-corrected chi connectivity index (χ1v) is 6.14. The fourth-order valence-electron chi connectivity index (χ4n) is 1.51. The highest BCUT2D eigenvalue weighted by atomic mass is 16.6. The zero-order valence-electron chi connectivity index (χ0n) is 12.3. The number of nitriles is 1. The van der Waals surface area contributed by atoms with Gasteiger partial charge >= 0.3 is 0 Å². The summed E-state index contributed by atoms with van der Waals surface area (Å²) in [5.41, 5.74) is -0.769. The maximum Gasteiger partial charge on any atom is 0.276 e. The number of ether oxygens (including phenoxy) is 1. The van der Waals surface area contributed by atoms with E-state index in [4.69, 9.17) is 15.8 Å². The molecule has 0 unspecified atom stereocenters. The molecule has 1 aromatic heterocycles. The largest absolute Gasteiger partial charge is 0.868 e. The third-order valence-corrected chi connectivity index (χ3v) is 2.64. The highest BCUT2D eigenvalue weighted by molar-refractivity contribution is 5.51. The molecule has 0 aliphatic heterocycles. The predicted octanol–water partition coefficient (Wildman–Crippen LogP) is 0.145. The Hall–Kier alpha value is -3.94. The van der Waals surface area contributed by atoms with Crippen LogP contribution in [0.1, 0.15) is 5.56 Å². The lowest BCUT2D eigenvalue weighted by Crippen LogP contribution is -2.43. The molecule has 11 nitrogen and oxygen atoms in total. The first-order chi connectivity index (χ1) is 11.3. The summed E-state index contributed by atoms with van der Waals surface area (Å²) in [4.78, 5) is 18.6. The van der Waals surface area contributed by atoms with Crippen LogP contribution in [0.2, 0.25) is 0 Å². The van der Waals surface area contributed by atoms with Gasteiger partial charge in [-0.2, -0.15) is 5.26 Å². The lowest BCUT2D eigenvalue weighted by Gasteiger charge is -2.03. The second-order valence-corrected chi connectivity index (χ2v) is 4.15. The van der Waals surface area contributed by atoms with Crippen LogP contribution in [0.15, 0.2) is 36.7 Å². The number of nitrogens with two attached hydrogens (primary N) is 1. The molecule has 0 amide bonds. The summed E-state index contributed by atoms with van der Waals surface area (Å²) in [5.74, 6) is 5.03. The highest BCUT2D eigenvalue weighted by Crippen LogP contribution is 2.27. The third-order valence-electron chi connectivity index (χ3n) is 2.64. The molecule has 0 fully saturated rings. The lowest BCUT2D eigenvalue weighted by atomic mass is 10.2. The zero-order chi connectivity index (χ0) is 18.3. The number of non-ortho nitro benzene ring substituents is 1. The number of rotatable bonds is 3. The molecule has 0 saturated carbocycles. The fraction of sp³-hybridized carbons (Fsp3) is 0.0769. The molecule has 1 aromatic carbocycles. The normalized spacial score (nSPS) is 9.17. The minimum atomic E-state index is -0.949. The Labute approximate surface area is 135 Å². The van der Waals surface area contributed by atoms with E-state index in [1.165, 1.54) is 11.8 Å². The van der Waals surface area contributed by atoms with Crippen LogP contribution >= 0.6 is 0 Å². The molecule has 0 radical (unpaired) electrons. The molecule has 2 rings (SSSR count). The second-order valence-electron chi connectivity index (χ2n) is 4.15. The molecule has 0 aliphatic carbocycles. The number of hydrogen-bond donors (Lipinski definition) is 1. The van der Waals surface area contributed by atoms with Crippen molar-refractivity contribution in [3.63, 3.8) is 0 Å². The van der Waals surface area contributed by atoms with E-state index in [9.17, 15) is 25.3 Å². The molecular weight excluding hydrogens is 322 g/mol. The van der Waals surface area contributed by atoms with Gasteiger partial charge in [-0.05, 0) is 5.75 Å². The van der Waals surface area contributed by atoms with Crippen LogP contribution < -0.4 is 20.4 Å². The molecule has 24 heavy (non-hydrogen) atoms. The van der Waals surface area contributed by atoms with Crippen molar-refractivity contribution in [2.45, 2.75) is 0 Å². The van der Waals surface area contributed by atoms with Crippen molar-refractivity contribution in [3.8, 4) is 17.6 Å². The van der Waals surface area contributed by atoms with E-state index in [1.54, 1.807) is 18.5 Å². The SMILES string of the molecule is COc1c[n+](N)ccc1C#N.O=[N+]([O-])c1ccc([O-])c([N+](=O)[O-])c1. The van der Waals surface area contributed by atoms with Crippen molar-refractivity contribution < 1.29 is 24.4 Å². The van der Waals surface area contributed by atoms with E-state index in [0.717, 1.165) is 12.1 Å². The summed E-state index contributed by atoms with van der Waals surface area (Å²) in [6.45, 7) is 0. The Morgan fingerprint density at radius 2 is 1.92 bits per heavy atom. The molecule has 11 heteroatoms. The number of hydrogen-bond acceptors (Lipinski definition) is 8. The van der Waals surface area contributed by atoms with Crippen molar-refractivity contribution in [2.24, 2.45) is 0 Å². The summed E-state index contributed by atoms with van der Waals surface area (Å²) in [7, 11) is 1.50. The Bertz CT molecular complexity index is 817. The van der Waals surface area contributed by atoms with Gasteiger partial charge in [0.2, 0.25) is 18.1 Å². The Kier molecular flexibility index (Phi) is 5.96. The maximum absolute atomic E-state index is 10.8. The summed E-state index contributed by atoms with van der Waals surface area (Å²) in [6.07, 6.45) is 3.12. The average molecular weight is 333 g/mol. The maximum atomic E-state index is 10.8. The van der Waals surface area contributed by atoms with Crippen LogP contribution in [0.3, 0.4) is 0 Å². The van der Waals surface area contributed by atoms with Gasteiger partial charge in [-0.1, -0.05) is 10.7 Å². The Morgan fingerprint density at radius 1 is 1.25 bits per heavy atom. The summed E-state index contributed by atoms with van der Waals surface area (Å²) in [6, 6.07) is 5.94. The van der Waals surface area contributed by atoms with E-state index < -0.39 is 27.0 Å². The van der Waals surface area contributed by atoms with Gasteiger partial charge in [0.05, 0.1) is 23.0 Å². The number of benzene rings is 1. The molecule has 2 N–H and O–H groups in total. The van der Waals surface area contributed by atoms with Crippen molar-refractivity contribution in [1.29, 1.82) is 5.26 Å². The van der Waals surface area contributed by atoms with Gasteiger partial charge in [0, 0.05) is 12.1 Å². The number of nitrogen functional groups attached to an aromatic ring is 1. The number of nitro groups is 2. The Morgan fingerprint density at radius 3 is 2.42 bits per heavy atom. The summed E-state index contributed by atoms with van der Waals surface area (Å²) >= 11 is 0. The van der Waals surface area contributed by atoms with E-state index in [-0.39, 0.29) is 0 Å². The zero-order valence-corrected chi connectivity index (χ0v) is 12.3. The van der Waals surface area contributed by atoms with Gasteiger partial charge in [-0.15, -0.1) is 0 Å². The van der Waals surface area contributed by atoms with Crippen LogP contribution in [-0.4, -0.2) is 17.0 Å². The molecule has 0 spiro atoms. The quantitative estimate of drug-likeness (QED) is 0.357. The molecule has 0 saturated heterocycles. The lowest BCUT2D eigenvalue weighted by molar-refractivity contribution is -0.639.